The highest BCUT2D eigenvalue weighted by atomic mass is 19.1. The molecule has 0 radical (unpaired) electrons. The van der Waals surface area contributed by atoms with E-state index < -0.39 is 76.7 Å². The number of halogens is 1. The number of hydrogen-bond acceptors (Lipinski definition) is 14. The summed E-state index contributed by atoms with van der Waals surface area (Å²) in [5.41, 5.74) is 3.16. The molecule has 4 aliphatic rings. The van der Waals surface area contributed by atoms with Crippen LogP contribution < -0.4 is 26.8 Å². The Morgan fingerprint density at radius 3 is 2.34 bits per heavy atom. The fourth-order valence-corrected chi connectivity index (χ4v) is 9.97. The minimum absolute atomic E-state index is 0.0351. The lowest BCUT2D eigenvalue weighted by atomic mass is 9.81. The molecular formula is C55H56FN7O13. The maximum atomic E-state index is 15.4. The van der Waals surface area contributed by atoms with Gasteiger partial charge in [-0.25, -0.2) is 19.0 Å². The smallest absolute Gasteiger partial charge is 0.407 e. The molecule has 1 unspecified atom stereocenters. The molecule has 396 valence electrons. The number of aryl methyl sites for hydroxylation is 1. The van der Waals surface area contributed by atoms with Gasteiger partial charge in [-0.05, 0) is 79.1 Å². The molecule has 3 aromatic carbocycles. The summed E-state index contributed by atoms with van der Waals surface area (Å²) in [5, 5.41) is 23.3. The number of fused-ring (bicyclic) bond motifs is 5. The van der Waals surface area contributed by atoms with Crippen molar-refractivity contribution in [3.05, 3.63) is 140 Å². The number of alkyl carbamates (subject to hydrolysis) is 1. The SMILES string of the molecule is CC[C@@]1(O)C(=O)OCc2c1cc1n(c2=O)Cc2c-1nc1cc(F)c(C)c3c1c2C(NC(=O)OCc1ccc(NC(=O)[C@H](Cc2ccccc2)NC(=O)[C@H](C)NC(=O)CCOCCOCCN2C(=O)C=CC2=O)cc1)CC3. The molecule has 5 heterocycles. The van der Waals surface area contributed by atoms with E-state index in [0.717, 1.165) is 16.0 Å². The molecule has 20 nitrogen and oxygen atoms in total. The van der Waals surface area contributed by atoms with Gasteiger partial charge < -0.3 is 49.9 Å². The predicted octanol–water partition coefficient (Wildman–Crippen LogP) is 3.96. The lowest BCUT2D eigenvalue weighted by Gasteiger charge is -2.31. The number of cyclic esters (lactones) is 1. The van der Waals surface area contributed by atoms with Crippen LogP contribution in [0.2, 0.25) is 0 Å². The normalized spacial score (nSPS) is 17.8. The van der Waals surface area contributed by atoms with E-state index in [1.54, 1.807) is 44.2 Å². The molecular weight excluding hydrogens is 986 g/mol. The molecule has 2 aromatic heterocycles. The topological polar surface area (TPSA) is 263 Å². The van der Waals surface area contributed by atoms with Crippen molar-refractivity contribution in [2.45, 2.75) is 96.4 Å². The molecule has 21 heteroatoms. The Morgan fingerprint density at radius 1 is 0.895 bits per heavy atom. The third-order valence-corrected chi connectivity index (χ3v) is 14.2. The van der Waals surface area contributed by atoms with E-state index in [2.05, 4.69) is 21.3 Å². The third-order valence-electron chi connectivity index (χ3n) is 14.2. The number of aliphatic hydroxyl groups is 1. The standard InChI is InChI=1S/C55H56FN7O13/c1-4-55(72)38-25-43-49-36(27-63(43)52(69)37(38)29-75-53(55)70)48-40(15-14-35-30(2)39(56)26-41(59-49)47(35)48)61-54(71)76-28-33-10-12-34(13-11-33)58-51(68)42(24-32-8-6-5-7-9-32)60-50(67)31(3)57-44(64)18-20-73-22-23-74-21-19-62-45(65)16-17-46(62)66/h5-13,16-17,25-26,31,40,42,72H,4,14-15,18-24,27-29H2,1-3H3,(H,57,64)(H,58,68)(H,60,67)(H,61,71)/t31-,40?,42-,55-/m0/s1. The average Bonchev–Trinajstić information content (AvgIpc) is 4.10. The number of imide groups is 1. The van der Waals surface area contributed by atoms with Gasteiger partial charge in [0.15, 0.2) is 5.60 Å². The monoisotopic (exact) mass is 1040 g/mol. The molecule has 0 saturated carbocycles. The zero-order valence-corrected chi connectivity index (χ0v) is 42.0. The van der Waals surface area contributed by atoms with Gasteiger partial charge in [-0.2, -0.15) is 0 Å². The lowest BCUT2D eigenvalue weighted by Crippen LogP contribution is -2.52. The highest BCUT2D eigenvalue weighted by Crippen LogP contribution is 2.46. The molecule has 5 aromatic rings. The van der Waals surface area contributed by atoms with Crippen LogP contribution in [0.15, 0.2) is 83.7 Å². The van der Waals surface area contributed by atoms with Crippen molar-refractivity contribution in [1.29, 1.82) is 0 Å². The number of carbonyl (C=O) groups excluding carboxylic acids is 7. The molecule has 0 bridgehead atoms. The second-order valence-electron chi connectivity index (χ2n) is 19.0. The maximum absolute atomic E-state index is 15.4. The molecule has 0 saturated heterocycles. The molecule has 0 fully saturated rings. The van der Waals surface area contributed by atoms with Gasteiger partial charge >= 0.3 is 12.1 Å². The number of amides is 6. The number of benzene rings is 3. The number of nitrogens with zero attached hydrogens (tertiary/aromatic N) is 3. The fraction of sp³-hybridized carbons (Fsp3) is 0.364. The van der Waals surface area contributed by atoms with E-state index in [0.29, 0.717) is 63.1 Å². The Balaban J connectivity index is 0.797. The summed E-state index contributed by atoms with van der Waals surface area (Å²) in [4.78, 5) is 109. The first-order valence-electron chi connectivity index (χ1n) is 25.0. The van der Waals surface area contributed by atoms with Gasteiger partial charge in [-0.15, -0.1) is 0 Å². The summed E-state index contributed by atoms with van der Waals surface area (Å²) in [7, 11) is 0. The van der Waals surface area contributed by atoms with Crippen LogP contribution >= 0.6 is 0 Å². The van der Waals surface area contributed by atoms with Crippen LogP contribution in [0.1, 0.15) is 83.7 Å². The zero-order valence-electron chi connectivity index (χ0n) is 42.0. The second kappa shape index (κ2) is 22.4. The van der Waals surface area contributed by atoms with Crippen molar-refractivity contribution in [3.63, 3.8) is 0 Å². The van der Waals surface area contributed by atoms with Crippen molar-refractivity contribution in [2.24, 2.45) is 0 Å². The van der Waals surface area contributed by atoms with Crippen LogP contribution in [0.4, 0.5) is 14.9 Å². The summed E-state index contributed by atoms with van der Waals surface area (Å²) < 4.78 is 38.7. The van der Waals surface area contributed by atoms with E-state index in [-0.39, 0.29) is 83.1 Å². The Labute approximate surface area is 434 Å². The summed E-state index contributed by atoms with van der Waals surface area (Å²) >= 11 is 0. The molecule has 1 aliphatic carbocycles. The van der Waals surface area contributed by atoms with Crippen molar-refractivity contribution >= 4 is 58.2 Å². The first kappa shape index (κ1) is 52.7. The van der Waals surface area contributed by atoms with Crippen molar-refractivity contribution < 1.29 is 62.0 Å². The molecule has 76 heavy (non-hydrogen) atoms. The molecule has 5 N–H and O–H groups in total. The van der Waals surface area contributed by atoms with Crippen molar-refractivity contribution in [1.82, 2.24) is 30.4 Å². The zero-order chi connectivity index (χ0) is 53.8. The minimum Gasteiger partial charge on any atom is -0.458 e. The number of esters is 1. The van der Waals surface area contributed by atoms with Crippen molar-refractivity contribution in [3.8, 4) is 11.4 Å². The Kier molecular flexibility index (Phi) is 15.5. The molecule has 6 amide bonds. The largest absolute Gasteiger partial charge is 0.458 e. The number of anilines is 1. The summed E-state index contributed by atoms with van der Waals surface area (Å²) in [6, 6.07) is 15.9. The van der Waals surface area contributed by atoms with E-state index in [9.17, 15) is 43.5 Å². The highest BCUT2D eigenvalue weighted by Gasteiger charge is 2.46. The predicted molar refractivity (Wildman–Crippen MR) is 270 cm³/mol. The van der Waals surface area contributed by atoms with Gasteiger partial charge in [0.2, 0.25) is 17.7 Å². The second-order valence-corrected chi connectivity index (χ2v) is 19.0. The van der Waals surface area contributed by atoms with Crippen LogP contribution in [0, 0.1) is 12.7 Å². The molecule has 3 aliphatic heterocycles. The van der Waals surface area contributed by atoms with Gasteiger partial charge in [0, 0.05) is 53.3 Å². The fourth-order valence-electron chi connectivity index (χ4n) is 9.97. The summed E-state index contributed by atoms with van der Waals surface area (Å²) in [6.45, 7) is 5.07. The van der Waals surface area contributed by atoms with E-state index in [4.69, 9.17) is 23.9 Å². The summed E-state index contributed by atoms with van der Waals surface area (Å²) in [6.07, 6.45) is 2.52. The van der Waals surface area contributed by atoms with Crippen LogP contribution in [0.3, 0.4) is 0 Å². The number of nitrogens with one attached hydrogen (secondary N) is 4. The summed E-state index contributed by atoms with van der Waals surface area (Å²) in [5.74, 6) is -3.65. The number of carbonyl (C=O) groups is 7. The van der Waals surface area contributed by atoms with Crippen LogP contribution in [0.25, 0.3) is 22.3 Å². The number of hydrogen-bond donors (Lipinski definition) is 5. The molecule has 9 rings (SSSR count). The van der Waals surface area contributed by atoms with E-state index >= 15 is 4.39 Å². The Bertz CT molecular complexity index is 3240. The van der Waals surface area contributed by atoms with Crippen molar-refractivity contribution in [2.75, 3.05) is 38.3 Å². The molecule has 4 atom stereocenters. The number of aromatic nitrogens is 2. The highest BCUT2D eigenvalue weighted by molar-refractivity contribution is 6.12. The Morgan fingerprint density at radius 2 is 1.62 bits per heavy atom. The quantitative estimate of drug-likeness (QED) is 0.0412. The first-order chi connectivity index (χ1) is 36.5. The van der Waals surface area contributed by atoms with E-state index in [1.807, 2.05) is 30.3 Å². The van der Waals surface area contributed by atoms with Crippen LogP contribution in [0.5, 0.6) is 0 Å². The maximum Gasteiger partial charge on any atom is 0.407 e. The van der Waals surface area contributed by atoms with Gasteiger partial charge in [0.1, 0.15) is 31.1 Å². The first-order valence-corrected chi connectivity index (χ1v) is 25.0. The number of ether oxygens (including phenoxy) is 4. The average molecular weight is 1040 g/mol. The van der Waals surface area contributed by atoms with Gasteiger partial charge in [0.25, 0.3) is 17.4 Å². The van der Waals surface area contributed by atoms with E-state index in [1.165, 1.54) is 29.7 Å². The van der Waals surface area contributed by atoms with Crippen LogP contribution in [-0.2, 0) is 85.9 Å². The van der Waals surface area contributed by atoms with Crippen LogP contribution in [-0.4, -0.2) is 106 Å². The number of rotatable bonds is 20. The third kappa shape index (κ3) is 10.8. The Hall–Kier alpha value is -8.14. The number of pyridine rings is 2. The lowest BCUT2D eigenvalue weighted by molar-refractivity contribution is -0.172. The minimum atomic E-state index is -2.04. The van der Waals surface area contributed by atoms with Gasteiger partial charge in [-0.3, -0.25) is 33.7 Å². The molecule has 0 spiro atoms. The van der Waals surface area contributed by atoms with Gasteiger partial charge in [-0.1, -0.05) is 49.4 Å². The van der Waals surface area contributed by atoms with Gasteiger partial charge in [0.05, 0.1) is 68.0 Å².